The first-order valence-electron chi connectivity index (χ1n) is 12.6. The Bertz CT molecular complexity index is 1140. The second-order valence-corrected chi connectivity index (χ2v) is 10.7. The second kappa shape index (κ2) is 8.40. The van der Waals surface area contributed by atoms with Gasteiger partial charge in [0.25, 0.3) is 0 Å². The summed E-state index contributed by atoms with van der Waals surface area (Å²) in [5.41, 5.74) is 4.16. The van der Waals surface area contributed by atoms with Crippen molar-refractivity contribution in [3.63, 3.8) is 0 Å². The lowest BCUT2D eigenvalue weighted by Gasteiger charge is -2.41. The Morgan fingerprint density at radius 2 is 1.60 bits per heavy atom. The number of carboxylic acid groups (broad SMARTS) is 1. The van der Waals surface area contributed by atoms with E-state index in [9.17, 15) is 19.5 Å². The fourth-order valence-electron chi connectivity index (χ4n) is 6.51. The van der Waals surface area contributed by atoms with Gasteiger partial charge in [-0.05, 0) is 66.2 Å². The molecule has 0 bridgehead atoms. The first-order valence-corrected chi connectivity index (χ1v) is 12.6. The van der Waals surface area contributed by atoms with E-state index in [-0.39, 0.29) is 42.7 Å². The Morgan fingerprint density at radius 3 is 2.23 bits per heavy atom. The van der Waals surface area contributed by atoms with Crippen LogP contribution in [-0.4, -0.2) is 41.3 Å². The van der Waals surface area contributed by atoms with Gasteiger partial charge >= 0.3 is 12.1 Å². The third kappa shape index (κ3) is 4.07. The standard InChI is InChI=1S/C28H30N2O5/c31-25(29-24-13-16-11-17(26(32)33)12-22(16)24)14-28(9-10-28)30-27(34)35-15-23-20-7-3-1-5-18(20)19-6-2-4-8-21(19)23/h1-8,16-17,22-24H,9-15H2,(H,29,31)(H,30,34)(H,32,33)/t16-,17?,22-,24+/m1/s1. The van der Waals surface area contributed by atoms with E-state index in [2.05, 4.69) is 34.9 Å². The van der Waals surface area contributed by atoms with Gasteiger partial charge in [-0.3, -0.25) is 9.59 Å². The third-order valence-corrected chi connectivity index (χ3v) is 8.58. The lowest BCUT2D eigenvalue weighted by molar-refractivity contribution is -0.141. The van der Waals surface area contributed by atoms with Crippen LogP contribution in [0.1, 0.15) is 55.6 Å². The van der Waals surface area contributed by atoms with Crippen LogP contribution in [0.3, 0.4) is 0 Å². The molecule has 3 saturated carbocycles. The Kier molecular flexibility index (Phi) is 5.31. The fourth-order valence-corrected chi connectivity index (χ4v) is 6.51. The lowest BCUT2D eigenvalue weighted by Crippen LogP contribution is -2.52. The number of carbonyl (C=O) groups is 3. The summed E-state index contributed by atoms with van der Waals surface area (Å²) in [7, 11) is 0. The van der Waals surface area contributed by atoms with Crippen LogP contribution in [0.2, 0.25) is 0 Å². The van der Waals surface area contributed by atoms with Crippen LogP contribution in [0.15, 0.2) is 48.5 Å². The molecule has 0 saturated heterocycles. The Hall–Kier alpha value is -3.35. The first kappa shape index (κ1) is 22.1. The maximum absolute atomic E-state index is 12.7. The van der Waals surface area contributed by atoms with Crippen molar-refractivity contribution in [2.75, 3.05) is 6.61 Å². The number of benzene rings is 2. The van der Waals surface area contributed by atoms with E-state index >= 15 is 0 Å². The minimum atomic E-state index is -0.728. The zero-order valence-corrected chi connectivity index (χ0v) is 19.5. The van der Waals surface area contributed by atoms with Gasteiger partial charge in [-0.1, -0.05) is 48.5 Å². The average molecular weight is 475 g/mol. The van der Waals surface area contributed by atoms with Crippen molar-refractivity contribution in [3.05, 3.63) is 59.7 Å². The SMILES string of the molecule is O=C(CC1(NC(=O)OCC2c3ccccc3-c3ccccc32)CC1)N[C@H]1C[C@H]2CC(C(=O)O)C[C@H]21. The molecule has 3 fully saturated rings. The maximum atomic E-state index is 12.7. The van der Waals surface area contributed by atoms with Crippen LogP contribution in [-0.2, 0) is 14.3 Å². The topological polar surface area (TPSA) is 105 Å². The molecule has 6 rings (SSSR count). The molecule has 4 aliphatic rings. The third-order valence-electron chi connectivity index (χ3n) is 8.58. The highest BCUT2D eigenvalue weighted by molar-refractivity contribution is 5.81. The number of aliphatic carboxylic acids is 1. The Morgan fingerprint density at radius 1 is 0.943 bits per heavy atom. The number of carbonyl (C=O) groups excluding carboxylic acids is 2. The van der Waals surface area contributed by atoms with Crippen LogP contribution in [0, 0.1) is 17.8 Å². The highest BCUT2D eigenvalue weighted by Crippen LogP contribution is 2.50. The number of alkyl carbamates (subject to hydrolysis) is 1. The van der Waals surface area contributed by atoms with Crippen LogP contribution >= 0.6 is 0 Å². The molecule has 1 unspecified atom stereocenters. The van der Waals surface area contributed by atoms with Gasteiger partial charge in [0.2, 0.25) is 5.91 Å². The molecule has 0 radical (unpaired) electrons. The highest BCUT2D eigenvalue weighted by Gasteiger charge is 2.51. The van der Waals surface area contributed by atoms with Crippen LogP contribution in [0.4, 0.5) is 4.79 Å². The molecular weight excluding hydrogens is 444 g/mol. The van der Waals surface area contributed by atoms with Crippen LogP contribution < -0.4 is 10.6 Å². The quantitative estimate of drug-likeness (QED) is 0.561. The van der Waals surface area contributed by atoms with E-state index in [1.54, 1.807) is 0 Å². The number of nitrogens with one attached hydrogen (secondary N) is 2. The van der Waals surface area contributed by atoms with Gasteiger partial charge in [-0.25, -0.2) is 4.79 Å². The number of hydrogen-bond acceptors (Lipinski definition) is 4. The normalized spacial score (nSPS) is 27.1. The smallest absolute Gasteiger partial charge is 0.407 e. The molecule has 4 aliphatic carbocycles. The lowest BCUT2D eigenvalue weighted by atomic mass is 9.71. The summed E-state index contributed by atoms with van der Waals surface area (Å²) in [5, 5.41) is 15.3. The first-order chi connectivity index (χ1) is 16.9. The summed E-state index contributed by atoms with van der Waals surface area (Å²) >= 11 is 0. The zero-order valence-electron chi connectivity index (χ0n) is 19.5. The van der Waals surface area contributed by atoms with E-state index in [4.69, 9.17) is 4.74 Å². The van der Waals surface area contributed by atoms with E-state index in [0.29, 0.717) is 12.3 Å². The molecule has 7 nitrogen and oxygen atoms in total. The molecule has 182 valence electrons. The van der Waals surface area contributed by atoms with Crippen LogP contribution in [0.5, 0.6) is 0 Å². The van der Waals surface area contributed by atoms with E-state index < -0.39 is 17.6 Å². The minimum absolute atomic E-state index is 0.000737. The minimum Gasteiger partial charge on any atom is -0.481 e. The average Bonchev–Trinajstić information content (AvgIpc) is 3.36. The molecule has 0 aliphatic heterocycles. The molecule has 0 heterocycles. The number of fused-ring (bicyclic) bond motifs is 4. The summed E-state index contributed by atoms with van der Waals surface area (Å²) in [4.78, 5) is 36.7. The van der Waals surface area contributed by atoms with Crippen molar-refractivity contribution >= 4 is 18.0 Å². The van der Waals surface area contributed by atoms with Gasteiger partial charge < -0.3 is 20.5 Å². The summed E-state index contributed by atoms with van der Waals surface area (Å²) in [6.07, 6.45) is 3.47. The van der Waals surface area contributed by atoms with Crippen molar-refractivity contribution in [3.8, 4) is 11.1 Å². The molecule has 3 N–H and O–H groups in total. The molecule has 0 aromatic heterocycles. The molecule has 0 spiro atoms. The molecular formula is C28H30N2O5. The van der Waals surface area contributed by atoms with Crippen molar-refractivity contribution in [1.29, 1.82) is 0 Å². The summed E-state index contributed by atoms with van der Waals surface area (Å²) in [6, 6.07) is 16.5. The van der Waals surface area contributed by atoms with Gasteiger partial charge in [0, 0.05) is 18.4 Å². The monoisotopic (exact) mass is 474 g/mol. The van der Waals surface area contributed by atoms with Gasteiger partial charge in [-0.15, -0.1) is 0 Å². The molecule has 7 heteroatoms. The van der Waals surface area contributed by atoms with Crippen molar-refractivity contribution in [2.24, 2.45) is 17.8 Å². The van der Waals surface area contributed by atoms with Crippen molar-refractivity contribution in [2.45, 2.75) is 56.0 Å². The summed E-state index contributed by atoms with van der Waals surface area (Å²) in [5.74, 6) is -0.408. The largest absolute Gasteiger partial charge is 0.481 e. The second-order valence-electron chi connectivity index (χ2n) is 10.7. The van der Waals surface area contributed by atoms with E-state index in [1.165, 1.54) is 11.1 Å². The Balaban J connectivity index is 1.01. The summed E-state index contributed by atoms with van der Waals surface area (Å²) in [6.45, 7) is 0.248. The maximum Gasteiger partial charge on any atom is 0.407 e. The van der Waals surface area contributed by atoms with Gasteiger partial charge in [-0.2, -0.15) is 0 Å². The molecule has 2 aromatic rings. The zero-order chi connectivity index (χ0) is 24.2. The van der Waals surface area contributed by atoms with E-state index in [1.807, 2.05) is 24.3 Å². The number of carboxylic acids is 1. The fraction of sp³-hybridized carbons (Fsp3) is 0.464. The predicted octanol–water partition coefficient (Wildman–Crippen LogP) is 4.06. The molecule has 35 heavy (non-hydrogen) atoms. The van der Waals surface area contributed by atoms with Crippen molar-refractivity contribution in [1.82, 2.24) is 10.6 Å². The number of ether oxygens (including phenoxy) is 1. The van der Waals surface area contributed by atoms with Gasteiger partial charge in [0.1, 0.15) is 6.61 Å². The van der Waals surface area contributed by atoms with E-state index in [0.717, 1.165) is 36.8 Å². The van der Waals surface area contributed by atoms with Crippen LogP contribution in [0.25, 0.3) is 11.1 Å². The number of amides is 2. The van der Waals surface area contributed by atoms with Gasteiger partial charge in [0.15, 0.2) is 0 Å². The highest BCUT2D eigenvalue weighted by atomic mass is 16.5. The predicted molar refractivity (Wildman–Crippen MR) is 129 cm³/mol. The number of hydrogen-bond donors (Lipinski definition) is 3. The molecule has 2 amide bonds. The molecule has 4 atom stereocenters. The molecule has 2 aromatic carbocycles. The van der Waals surface area contributed by atoms with Gasteiger partial charge in [0.05, 0.1) is 11.5 Å². The number of rotatable bonds is 7. The summed E-state index contributed by atoms with van der Waals surface area (Å²) < 4.78 is 5.66. The van der Waals surface area contributed by atoms with Crippen molar-refractivity contribution < 1.29 is 24.2 Å². The Labute approximate surface area is 204 Å².